The van der Waals surface area contributed by atoms with Gasteiger partial charge in [0.05, 0.1) is 12.6 Å². The first kappa shape index (κ1) is 19.3. The van der Waals surface area contributed by atoms with Crippen molar-refractivity contribution in [2.75, 3.05) is 17.3 Å². The Hall–Kier alpha value is -3.00. The molecular formula is C21H23N5O2S. The smallest absolute Gasteiger partial charge is 0.240 e. The summed E-state index contributed by atoms with van der Waals surface area (Å²) in [5, 5.41) is 11.6. The van der Waals surface area contributed by atoms with E-state index in [9.17, 15) is 4.79 Å². The van der Waals surface area contributed by atoms with Crippen LogP contribution in [0.1, 0.15) is 29.9 Å². The van der Waals surface area contributed by atoms with Gasteiger partial charge < -0.3 is 15.5 Å². The summed E-state index contributed by atoms with van der Waals surface area (Å²) < 4.78 is 7.31. The lowest BCUT2D eigenvalue weighted by atomic mass is 10.0. The Kier molecular flexibility index (Phi) is 5.44. The van der Waals surface area contributed by atoms with Gasteiger partial charge in [-0.3, -0.25) is 4.79 Å². The van der Waals surface area contributed by atoms with Gasteiger partial charge in [-0.15, -0.1) is 10.2 Å². The molecular weight excluding hydrogens is 386 g/mol. The highest BCUT2D eigenvalue weighted by Crippen LogP contribution is 2.37. The Morgan fingerprint density at radius 2 is 1.86 bits per heavy atom. The van der Waals surface area contributed by atoms with Gasteiger partial charge in [-0.2, -0.15) is 0 Å². The van der Waals surface area contributed by atoms with Crippen molar-refractivity contribution in [2.45, 2.75) is 37.2 Å². The molecule has 0 saturated heterocycles. The molecule has 7 nitrogen and oxygen atoms in total. The summed E-state index contributed by atoms with van der Waals surface area (Å²) in [6.45, 7) is 6.48. The SMILES string of the molecule is CCOc1ccc(NC(=O)[C@H]2Sc3nnc(C)n3N[C@@H]2c2ccc(C)cc2)cc1. The average Bonchev–Trinajstić information content (AvgIpc) is 3.09. The number of hydrogen-bond donors (Lipinski definition) is 2. The molecule has 150 valence electrons. The van der Waals surface area contributed by atoms with Crippen LogP contribution in [-0.4, -0.2) is 32.6 Å². The van der Waals surface area contributed by atoms with Crippen molar-refractivity contribution in [3.05, 3.63) is 65.5 Å². The van der Waals surface area contributed by atoms with E-state index < -0.39 is 5.25 Å². The summed E-state index contributed by atoms with van der Waals surface area (Å²) in [6, 6.07) is 15.4. The van der Waals surface area contributed by atoms with Crippen LogP contribution in [0.2, 0.25) is 0 Å². The molecule has 0 radical (unpaired) electrons. The summed E-state index contributed by atoms with van der Waals surface area (Å²) in [7, 11) is 0. The number of benzene rings is 2. The molecule has 1 aromatic heterocycles. The molecule has 29 heavy (non-hydrogen) atoms. The van der Waals surface area contributed by atoms with Crippen molar-refractivity contribution in [1.82, 2.24) is 14.9 Å². The Morgan fingerprint density at radius 1 is 1.14 bits per heavy atom. The summed E-state index contributed by atoms with van der Waals surface area (Å²) in [5.74, 6) is 1.44. The van der Waals surface area contributed by atoms with E-state index in [-0.39, 0.29) is 11.9 Å². The Balaban J connectivity index is 1.59. The van der Waals surface area contributed by atoms with Crippen molar-refractivity contribution in [2.24, 2.45) is 0 Å². The van der Waals surface area contributed by atoms with Gasteiger partial charge >= 0.3 is 0 Å². The lowest BCUT2D eigenvalue weighted by Crippen LogP contribution is -2.41. The first-order chi connectivity index (χ1) is 14.0. The monoisotopic (exact) mass is 409 g/mol. The van der Waals surface area contributed by atoms with Crippen LogP contribution in [-0.2, 0) is 4.79 Å². The standard InChI is InChI=1S/C21H23N5O2S/c1-4-28-17-11-9-16(10-12-17)22-20(27)19-18(15-7-5-13(2)6-8-15)25-26-14(3)23-24-21(26)29-19/h5-12,18-19,25H,4H2,1-3H3,(H,22,27)/t18-,19+/m1/s1. The van der Waals surface area contributed by atoms with Gasteiger partial charge in [0.15, 0.2) is 0 Å². The third kappa shape index (κ3) is 4.07. The third-order valence-electron chi connectivity index (χ3n) is 4.73. The van der Waals surface area contributed by atoms with E-state index in [2.05, 4.69) is 45.2 Å². The number of hydrogen-bond acceptors (Lipinski definition) is 6. The molecule has 2 N–H and O–H groups in total. The maximum atomic E-state index is 13.2. The number of nitrogens with zero attached hydrogens (tertiary/aromatic N) is 3. The normalized spacial score (nSPS) is 17.9. The lowest BCUT2D eigenvalue weighted by Gasteiger charge is -2.32. The molecule has 4 rings (SSSR count). The predicted molar refractivity (Wildman–Crippen MR) is 114 cm³/mol. The molecule has 2 atom stereocenters. The number of nitrogens with one attached hydrogen (secondary N) is 2. The van der Waals surface area contributed by atoms with Crippen molar-refractivity contribution in [3.8, 4) is 5.75 Å². The second-order valence-corrected chi connectivity index (χ2v) is 7.98. The minimum Gasteiger partial charge on any atom is -0.494 e. The van der Waals surface area contributed by atoms with Crippen LogP contribution in [0.3, 0.4) is 0 Å². The molecule has 2 aromatic carbocycles. The minimum absolute atomic E-state index is 0.0934. The number of anilines is 1. The highest BCUT2D eigenvalue weighted by Gasteiger charge is 2.37. The fraction of sp³-hybridized carbons (Fsp3) is 0.286. The summed E-state index contributed by atoms with van der Waals surface area (Å²) in [5.41, 5.74) is 6.35. The van der Waals surface area contributed by atoms with Crippen molar-refractivity contribution >= 4 is 23.4 Å². The maximum Gasteiger partial charge on any atom is 0.240 e. The number of amides is 1. The number of thioether (sulfide) groups is 1. The first-order valence-corrected chi connectivity index (χ1v) is 10.4. The fourth-order valence-corrected chi connectivity index (χ4v) is 4.32. The number of aromatic nitrogens is 3. The summed E-state index contributed by atoms with van der Waals surface area (Å²) >= 11 is 1.41. The summed E-state index contributed by atoms with van der Waals surface area (Å²) in [6.07, 6.45) is 0. The quantitative estimate of drug-likeness (QED) is 0.669. The van der Waals surface area contributed by atoms with Crippen LogP contribution in [0.5, 0.6) is 5.75 Å². The van der Waals surface area contributed by atoms with Crippen LogP contribution in [0.4, 0.5) is 5.69 Å². The van der Waals surface area contributed by atoms with Crippen molar-refractivity contribution in [1.29, 1.82) is 0 Å². The highest BCUT2D eigenvalue weighted by atomic mass is 32.2. The zero-order valence-corrected chi connectivity index (χ0v) is 17.4. The van der Waals surface area contributed by atoms with E-state index in [4.69, 9.17) is 4.74 Å². The van der Waals surface area contributed by atoms with Gasteiger partial charge in [-0.05, 0) is 50.6 Å². The molecule has 0 fully saturated rings. The van der Waals surface area contributed by atoms with Crippen LogP contribution >= 0.6 is 11.8 Å². The molecule has 3 aromatic rings. The lowest BCUT2D eigenvalue weighted by molar-refractivity contribution is -0.116. The number of aryl methyl sites for hydroxylation is 2. The molecule has 0 unspecified atom stereocenters. The van der Waals surface area contributed by atoms with E-state index in [1.807, 2.05) is 49.7 Å². The molecule has 0 saturated carbocycles. The molecule has 2 heterocycles. The molecule has 0 aliphatic carbocycles. The minimum atomic E-state index is -0.402. The molecule has 1 aliphatic heterocycles. The van der Waals surface area contributed by atoms with Crippen LogP contribution < -0.4 is 15.5 Å². The average molecular weight is 410 g/mol. The van der Waals surface area contributed by atoms with Crippen molar-refractivity contribution in [3.63, 3.8) is 0 Å². The number of carbonyl (C=O) groups is 1. The molecule has 1 aliphatic rings. The van der Waals surface area contributed by atoms with E-state index in [0.29, 0.717) is 11.8 Å². The third-order valence-corrected chi connectivity index (χ3v) is 5.94. The summed E-state index contributed by atoms with van der Waals surface area (Å²) in [4.78, 5) is 13.2. The number of ether oxygens (including phenoxy) is 1. The van der Waals surface area contributed by atoms with Gasteiger partial charge in [0.25, 0.3) is 0 Å². The van der Waals surface area contributed by atoms with Gasteiger partial charge in [0.2, 0.25) is 11.1 Å². The van der Waals surface area contributed by atoms with Gasteiger partial charge in [0, 0.05) is 5.69 Å². The second kappa shape index (κ2) is 8.16. The number of rotatable bonds is 5. The van der Waals surface area contributed by atoms with Crippen LogP contribution in [0.25, 0.3) is 0 Å². The van der Waals surface area contributed by atoms with Gasteiger partial charge in [0.1, 0.15) is 16.8 Å². The molecule has 0 bridgehead atoms. The molecule has 8 heteroatoms. The van der Waals surface area contributed by atoms with Gasteiger partial charge in [-0.1, -0.05) is 41.6 Å². The number of fused-ring (bicyclic) bond motifs is 1. The second-order valence-electron chi connectivity index (χ2n) is 6.87. The first-order valence-electron chi connectivity index (χ1n) is 9.50. The molecule has 1 amide bonds. The largest absolute Gasteiger partial charge is 0.494 e. The Morgan fingerprint density at radius 3 is 2.55 bits per heavy atom. The van der Waals surface area contributed by atoms with Crippen molar-refractivity contribution < 1.29 is 9.53 Å². The predicted octanol–water partition coefficient (Wildman–Crippen LogP) is 3.69. The zero-order valence-electron chi connectivity index (χ0n) is 16.5. The number of carbonyl (C=O) groups excluding carboxylic acids is 1. The zero-order chi connectivity index (χ0) is 20.4. The van der Waals surface area contributed by atoms with Crippen LogP contribution in [0.15, 0.2) is 53.7 Å². The highest BCUT2D eigenvalue weighted by molar-refractivity contribution is 8.00. The fourth-order valence-electron chi connectivity index (χ4n) is 3.20. The van der Waals surface area contributed by atoms with E-state index >= 15 is 0 Å². The molecule has 0 spiro atoms. The van der Waals surface area contributed by atoms with E-state index in [0.717, 1.165) is 22.8 Å². The maximum absolute atomic E-state index is 13.2. The Bertz CT molecular complexity index is 1000. The van der Waals surface area contributed by atoms with Crippen LogP contribution in [0, 0.1) is 13.8 Å². The van der Waals surface area contributed by atoms with E-state index in [1.54, 1.807) is 0 Å². The van der Waals surface area contributed by atoms with E-state index in [1.165, 1.54) is 17.3 Å². The van der Waals surface area contributed by atoms with Gasteiger partial charge in [-0.25, -0.2) is 4.68 Å². The Labute approximate surface area is 173 Å². The topological polar surface area (TPSA) is 81.1 Å².